The number of rotatable bonds is 4. The number of carboxylic acid groups (broad SMARTS) is 1. The van der Waals surface area contributed by atoms with Crippen molar-refractivity contribution in [3.05, 3.63) is 29.3 Å². The molecule has 0 fully saturated rings. The summed E-state index contributed by atoms with van der Waals surface area (Å²) in [5.74, 6) is -4.39. The first-order valence-corrected chi connectivity index (χ1v) is 4.61. The maximum Gasteiger partial charge on any atom is 0.309 e. The Hall–Kier alpha value is -1.65. The Bertz CT molecular complexity index is 402. The van der Waals surface area contributed by atoms with Crippen molar-refractivity contribution in [3.8, 4) is 5.75 Å². The highest BCUT2D eigenvalue weighted by atomic mass is 19.3. The van der Waals surface area contributed by atoms with E-state index in [9.17, 15) is 13.6 Å². The van der Waals surface area contributed by atoms with E-state index < -0.39 is 18.3 Å². The van der Waals surface area contributed by atoms with Crippen LogP contribution in [-0.2, 0) is 10.7 Å². The van der Waals surface area contributed by atoms with Gasteiger partial charge in [-0.3, -0.25) is 4.79 Å². The lowest BCUT2D eigenvalue weighted by atomic mass is 10.0. The second kappa shape index (κ2) is 4.47. The first kappa shape index (κ1) is 12.4. The lowest BCUT2D eigenvalue weighted by Crippen LogP contribution is -2.18. The van der Waals surface area contributed by atoms with Crippen LogP contribution in [0.15, 0.2) is 18.2 Å². The van der Waals surface area contributed by atoms with Gasteiger partial charge in [-0.05, 0) is 30.7 Å². The van der Waals surface area contributed by atoms with E-state index in [1.165, 1.54) is 25.3 Å². The van der Waals surface area contributed by atoms with Crippen LogP contribution in [-0.4, -0.2) is 18.2 Å². The van der Waals surface area contributed by atoms with Gasteiger partial charge in [-0.2, -0.15) is 0 Å². The van der Waals surface area contributed by atoms with E-state index in [4.69, 9.17) is 9.84 Å². The molecule has 0 bridgehead atoms. The summed E-state index contributed by atoms with van der Waals surface area (Å²) in [5.41, 5.74) is 0.235. The van der Waals surface area contributed by atoms with E-state index in [0.717, 1.165) is 0 Å². The lowest BCUT2D eigenvalue weighted by molar-refractivity contribution is -0.145. The molecule has 0 unspecified atom stereocenters. The molecule has 0 saturated heterocycles. The van der Waals surface area contributed by atoms with Crippen LogP contribution in [0.2, 0.25) is 0 Å². The first-order valence-electron chi connectivity index (χ1n) is 4.61. The molecule has 1 aromatic rings. The second-order valence-electron chi connectivity index (χ2n) is 3.46. The van der Waals surface area contributed by atoms with Gasteiger partial charge in [0.15, 0.2) is 0 Å². The van der Waals surface area contributed by atoms with Crippen LogP contribution in [0.1, 0.15) is 17.5 Å². The average Bonchev–Trinajstić information content (AvgIpc) is 2.15. The molecule has 0 aliphatic rings. The molecule has 16 heavy (non-hydrogen) atoms. The van der Waals surface area contributed by atoms with Crippen molar-refractivity contribution in [2.75, 3.05) is 7.11 Å². The summed E-state index contributed by atoms with van der Waals surface area (Å²) in [5, 5.41) is 8.38. The Balaban J connectivity index is 3.04. The zero-order valence-electron chi connectivity index (χ0n) is 8.96. The van der Waals surface area contributed by atoms with Gasteiger partial charge in [0.1, 0.15) is 12.2 Å². The number of methoxy groups -OCH3 is 1. The van der Waals surface area contributed by atoms with Crippen molar-refractivity contribution in [2.24, 2.45) is 0 Å². The summed E-state index contributed by atoms with van der Waals surface area (Å²) >= 11 is 0. The van der Waals surface area contributed by atoms with Crippen molar-refractivity contribution >= 4 is 5.97 Å². The Morgan fingerprint density at radius 3 is 2.56 bits per heavy atom. The van der Waals surface area contributed by atoms with Crippen LogP contribution in [0.5, 0.6) is 5.75 Å². The minimum atomic E-state index is -3.36. The largest absolute Gasteiger partial charge is 0.496 e. The van der Waals surface area contributed by atoms with Crippen molar-refractivity contribution in [1.82, 2.24) is 0 Å². The lowest BCUT2D eigenvalue weighted by Gasteiger charge is -2.16. The van der Waals surface area contributed by atoms with Crippen LogP contribution in [0.3, 0.4) is 0 Å². The quantitative estimate of drug-likeness (QED) is 0.864. The SMILES string of the molecule is COc1ccc(C(F)(F)CC(=O)O)cc1C. The molecule has 0 spiro atoms. The third-order valence-corrected chi connectivity index (χ3v) is 2.19. The van der Waals surface area contributed by atoms with Gasteiger partial charge in [-0.15, -0.1) is 0 Å². The Labute approximate surface area is 91.7 Å². The molecule has 1 rings (SSSR count). The molecule has 3 nitrogen and oxygen atoms in total. The smallest absolute Gasteiger partial charge is 0.309 e. The highest BCUT2D eigenvalue weighted by Gasteiger charge is 2.34. The molecule has 0 radical (unpaired) electrons. The topological polar surface area (TPSA) is 46.5 Å². The number of hydrogen-bond donors (Lipinski definition) is 1. The van der Waals surface area contributed by atoms with Gasteiger partial charge in [-0.25, -0.2) is 8.78 Å². The molecule has 0 amide bonds. The molecule has 0 aliphatic heterocycles. The van der Waals surface area contributed by atoms with Crippen molar-refractivity contribution in [1.29, 1.82) is 0 Å². The summed E-state index contributed by atoms with van der Waals surface area (Å²) in [6, 6.07) is 3.82. The highest BCUT2D eigenvalue weighted by molar-refractivity contribution is 5.68. The summed E-state index contributed by atoms with van der Waals surface area (Å²) in [4.78, 5) is 10.3. The zero-order valence-corrected chi connectivity index (χ0v) is 8.96. The Morgan fingerprint density at radius 1 is 1.50 bits per heavy atom. The Morgan fingerprint density at radius 2 is 2.12 bits per heavy atom. The third-order valence-electron chi connectivity index (χ3n) is 2.19. The standard InChI is InChI=1S/C11H12F2O3/c1-7-5-8(3-4-9(7)16-2)11(12,13)6-10(14)15/h3-5H,6H2,1-2H3,(H,14,15). The van der Waals surface area contributed by atoms with Crippen molar-refractivity contribution in [2.45, 2.75) is 19.3 Å². The van der Waals surface area contributed by atoms with Gasteiger partial charge < -0.3 is 9.84 Å². The molecule has 5 heteroatoms. The molecule has 0 aromatic heterocycles. The minimum absolute atomic E-state index is 0.312. The minimum Gasteiger partial charge on any atom is -0.496 e. The van der Waals surface area contributed by atoms with Gasteiger partial charge in [-0.1, -0.05) is 0 Å². The monoisotopic (exact) mass is 230 g/mol. The highest BCUT2D eigenvalue weighted by Crippen LogP contribution is 2.33. The van der Waals surface area contributed by atoms with Crippen LogP contribution < -0.4 is 4.74 Å². The van der Waals surface area contributed by atoms with E-state index in [2.05, 4.69) is 0 Å². The average molecular weight is 230 g/mol. The molecule has 0 atom stereocenters. The fourth-order valence-corrected chi connectivity index (χ4v) is 1.40. The molecule has 0 saturated carbocycles. The third kappa shape index (κ3) is 2.68. The summed E-state index contributed by atoms with van der Waals surface area (Å²) < 4.78 is 31.7. The summed E-state index contributed by atoms with van der Waals surface area (Å²) in [6.07, 6.45) is -1.21. The Kier molecular flexibility index (Phi) is 3.47. The van der Waals surface area contributed by atoms with Crippen molar-refractivity contribution in [3.63, 3.8) is 0 Å². The fourth-order valence-electron chi connectivity index (χ4n) is 1.40. The van der Waals surface area contributed by atoms with Crippen LogP contribution in [0, 0.1) is 6.92 Å². The number of ether oxygens (including phenoxy) is 1. The van der Waals surface area contributed by atoms with E-state index in [1.807, 2.05) is 0 Å². The van der Waals surface area contributed by atoms with Gasteiger partial charge in [0, 0.05) is 5.56 Å². The van der Waals surface area contributed by atoms with Crippen LogP contribution >= 0.6 is 0 Å². The molecule has 0 heterocycles. The van der Waals surface area contributed by atoms with E-state index in [1.54, 1.807) is 6.92 Å². The number of benzene rings is 1. The molecule has 88 valence electrons. The van der Waals surface area contributed by atoms with Crippen LogP contribution in [0.4, 0.5) is 8.78 Å². The maximum absolute atomic E-state index is 13.4. The number of aryl methyl sites for hydroxylation is 1. The van der Waals surface area contributed by atoms with Gasteiger partial charge in [0.25, 0.3) is 5.92 Å². The van der Waals surface area contributed by atoms with Gasteiger partial charge in [0.05, 0.1) is 7.11 Å². The number of alkyl halides is 2. The van der Waals surface area contributed by atoms with E-state index in [-0.39, 0.29) is 5.56 Å². The maximum atomic E-state index is 13.4. The van der Waals surface area contributed by atoms with Gasteiger partial charge in [0.2, 0.25) is 0 Å². The van der Waals surface area contributed by atoms with Crippen LogP contribution in [0.25, 0.3) is 0 Å². The van der Waals surface area contributed by atoms with Gasteiger partial charge >= 0.3 is 5.97 Å². The number of aliphatic carboxylic acids is 1. The fraction of sp³-hybridized carbons (Fsp3) is 0.364. The predicted molar refractivity (Wildman–Crippen MR) is 53.9 cm³/mol. The number of hydrogen-bond acceptors (Lipinski definition) is 2. The second-order valence-corrected chi connectivity index (χ2v) is 3.46. The van der Waals surface area contributed by atoms with Crippen molar-refractivity contribution < 1.29 is 23.4 Å². The summed E-state index contributed by atoms with van der Waals surface area (Å²) in [6.45, 7) is 1.62. The first-order chi connectivity index (χ1) is 7.36. The molecular formula is C11H12F2O3. The molecular weight excluding hydrogens is 218 g/mol. The molecule has 1 N–H and O–H groups in total. The zero-order chi connectivity index (χ0) is 12.3. The predicted octanol–water partition coefficient (Wildman–Crippen LogP) is 2.57. The van der Waals surface area contributed by atoms with E-state index >= 15 is 0 Å². The normalized spacial score (nSPS) is 11.2. The molecule has 0 aliphatic carbocycles. The van der Waals surface area contributed by atoms with E-state index in [0.29, 0.717) is 11.3 Å². The summed E-state index contributed by atoms with van der Waals surface area (Å²) in [7, 11) is 1.44. The number of carboxylic acids is 1. The molecule has 1 aromatic carbocycles. The number of halogens is 2. The number of carbonyl (C=O) groups is 1.